The van der Waals surface area contributed by atoms with Crippen molar-refractivity contribution in [3.05, 3.63) is 0 Å². The lowest BCUT2D eigenvalue weighted by molar-refractivity contribution is -0.148. The van der Waals surface area contributed by atoms with Gasteiger partial charge in [0.2, 0.25) is 0 Å². The van der Waals surface area contributed by atoms with Gasteiger partial charge in [0.15, 0.2) is 16.6 Å². The van der Waals surface area contributed by atoms with Crippen LogP contribution in [0.4, 0.5) is 4.79 Å². The number of alkyl carbamates (subject to hydrolysis) is 1. The largest absolute Gasteiger partial charge is 0.465 e. The van der Waals surface area contributed by atoms with Crippen LogP contribution in [0.2, 0.25) is 38.8 Å². The third-order valence-electron chi connectivity index (χ3n) is 3.96. The van der Waals surface area contributed by atoms with Gasteiger partial charge >= 0.3 is 12.1 Å². The predicted molar refractivity (Wildman–Crippen MR) is 117 cm³/mol. The van der Waals surface area contributed by atoms with Gasteiger partial charge in [0.25, 0.3) is 0 Å². The number of carbonyl (C=O) groups is 2. The molecule has 28 heavy (non-hydrogen) atoms. The van der Waals surface area contributed by atoms with Crippen molar-refractivity contribution in [1.82, 2.24) is 5.32 Å². The Morgan fingerprint density at radius 3 is 2.21 bits per heavy atom. The first-order chi connectivity index (χ1) is 13.0. The van der Waals surface area contributed by atoms with Gasteiger partial charge in [-0.15, -0.1) is 0 Å². The first-order valence-corrected chi connectivity index (χ1v) is 16.8. The lowest BCUT2D eigenvalue weighted by Gasteiger charge is -2.31. The molecule has 166 valence electrons. The summed E-state index contributed by atoms with van der Waals surface area (Å²) in [7, 11) is -3.09. The van der Waals surface area contributed by atoms with E-state index in [1.54, 1.807) is 0 Å². The lowest BCUT2D eigenvalue weighted by Crippen LogP contribution is -2.42. The molecule has 0 radical (unpaired) electrons. The quantitative estimate of drug-likeness (QED) is 0.236. The van der Waals surface area contributed by atoms with Crippen LogP contribution < -0.4 is 5.32 Å². The van der Waals surface area contributed by atoms with Crippen LogP contribution in [0, 0.1) is 5.92 Å². The van der Waals surface area contributed by atoms with Crippen LogP contribution in [0.5, 0.6) is 0 Å². The zero-order chi connectivity index (χ0) is 21.6. The second kappa shape index (κ2) is 14.1. The molecule has 1 amide bonds. The van der Waals surface area contributed by atoms with Gasteiger partial charge in [0.1, 0.15) is 6.61 Å². The van der Waals surface area contributed by atoms with E-state index >= 15 is 0 Å². The number of hydrogen-bond acceptors (Lipinski definition) is 6. The molecule has 0 aromatic heterocycles. The molecule has 1 unspecified atom stereocenters. The van der Waals surface area contributed by atoms with Crippen LogP contribution in [0.15, 0.2) is 0 Å². The number of amides is 1. The zero-order valence-corrected chi connectivity index (χ0v) is 20.9. The van der Waals surface area contributed by atoms with Crippen LogP contribution in [0.3, 0.4) is 0 Å². The van der Waals surface area contributed by atoms with Crippen molar-refractivity contribution >= 4 is 28.7 Å². The lowest BCUT2D eigenvalue weighted by atomic mass is 10.1. The molecule has 0 fully saturated rings. The van der Waals surface area contributed by atoms with Crippen molar-refractivity contribution < 1.29 is 27.9 Å². The van der Waals surface area contributed by atoms with Crippen LogP contribution in [-0.4, -0.2) is 61.7 Å². The van der Waals surface area contributed by atoms with Crippen LogP contribution >= 0.6 is 0 Å². The fourth-order valence-electron chi connectivity index (χ4n) is 2.57. The highest BCUT2D eigenvalue weighted by molar-refractivity contribution is 6.84. The highest BCUT2D eigenvalue weighted by Crippen LogP contribution is 2.19. The summed E-state index contributed by atoms with van der Waals surface area (Å²) in [5.74, 6) is -0.278. The first-order valence-electron chi connectivity index (χ1n) is 10.3. The minimum atomic E-state index is -1.61. The van der Waals surface area contributed by atoms with E-state index in [-0.39, 0.29) is 18.5 Å². The molecular weight excluding hydrogens is 394 g/mol. The standard InChI is InChI=1S/C19H41NO6Si2/c1-8-17(2)18(21)24-13-9-11-20-19(22)25-15-14-23-12-10-16-28(6,7)26-27(3,4)5/h17H,8-16H2,1-7H3,(H,20,22). The normalized spacial score (nSPS) is 13.1. The Balaban J connectivity index is 3.57. The van der Waals surface area contributed by atoms with Gasteiger partial charge in [-0.2, -0.15) is 0 Å². The summed E-state index contributed by atoms with van der Waals surface area (Å²) in [5, 5.41) is 2.63. The maximum Gasteiger partial charge on any atom is 0.407 e. The molecule has 0 heterocycles. The average molecular weight is 436 g/mol. The summed E-state index contributed by atoms with van der Waals surface area (Å²) >= 11 is 0. The monoisotopic (exact) mass is 435 g/mol. The molecule has 0 aliphatic rings. The van der Waals surface area contributed by atoms with Crippen molar-refractivity contribution in [2.24, 2.45) is 5.92 Å². The molecule has 0 saturated carbocycles. The fourth-order valence-corrected chi connectivity index (χ4v) is 10.6. The maximum absolute atomic E-state index is 11.5. The number of esters is 1. The van der Waals surface area contributed by atoms with Gasteiger partial charge in [0, 0.05) is 13.2 Å². The summed E-state index contributed by atoms with van der Waals surface area (Å²) < 4.78 is 22.0. The molecule has 1 N–H and O–H groups in total. The highest BCUT2D eigenvalue weighted by atomic mass is 28.4. The zero-order valence-electron chi connectivity index (χ0n) is 18.9. The summed E-state index contributed by atoms with van der Waals surface area (Å²) in [4.78, 5) is 23.0. The van der Waals surface area contributed by atoms with E-state index in [4.69, 9.17) is 18.3 Å². The van der Waals surface area contributed by atoms with Gasteiger partial charge < -0.3 is 23.6 Å². The van der Waals surface area contributed by atoms with Crippen molar-refractivity contribution in [3.8, 4) is 0 Å². The van der Waals surface area contributed by atoms with Gasteiger partial charge in [-0.3, -0.25) is 4.79 Å². The molecule has 1 atom stereocenters. The number of rotatable bonds is 15. The molecule has 0 aliphatic carbocycles. The third kappa shape index (κ3) is 16.1. The summed E-state index contributed by atoms with van der Waals surface area (Å²) in [6.45, 7) is 16.9. The molecule has 7 nitrogen and oxygen atoms in total. The Hall–Kier alpha value is -0.906. The molecule has 9 heteroatoms. The molecule has 0 spiro atoms. The molecule has 0 aromatic carbocycles. The smallest absolute Gasteiger partial charge is 0.407 e. The Morgan fingerprint density at radius 1 is 0.929 bits per heavy atom. The maximum atomic E-state index is 11.5. The predicted octanol–water partition coefficient (Wildman–Crippen LogP) is 4.16. The Labute approximate surface area is 173 Å². The van der Waals surface area contributed by atoms with E-state index in [9.17, 15) is 9.59 Å². The first kappa shape index (κ1) is 27.1. The number of hydrogen-bond donors (Lipinski definition) is 1. The van der Waals surface area contributed by atoms with E-state index in [0.717, 1.165) is 18.9 Å². The SMILES string of the molecule is CCC(C)C(=O)OCCCNC(=O)OCCOCCC[Si](C)(C)O[Si](C)(C)C. The van der Waals surface area contributed by atoms with E-state index in [2.05, 4.69) is 38.1 Å². The van der Waals surface area contributed by atoms with Gasteiger partial charge in [0.05, 0.1) is 19.1 Å². The molecule has 0 aliphatic heterocycles. The Bertz CT molecular complexity index is 454. The average Bonchev–Trinajstić information content (AvgIpc) is 2.57. The minimum Gasteiger partial charge on any atom is -0.465 e. The molecule has 0 rings (SSSR count). The second-order valence-corrected chi connectivity index (χ2v) is 17.6. The van der Waals surface area contributed by atoms with Gasteiger partial charge in [-0.25, -0.2) is 4.79 Å². The topological polar surface area (TPSA) is 83.1 Å². The van der Waals surface area contributed by atoms with E-state index in [1.165, 1.54) is 0 Å². The molecule has 0 bridgehead atoms. The van der Waals surface area contributed by atoms with Crippen LogP contribution in [-0.2, 0) is 23.1 Å². The third-order valence-corrected chi connectivity index (χ3v) is 10.2. The van der Waals surface area contributed by atoms with Gasteiger partial charge in [-0.05, 0) is 58.0 Å². The van der Waals surface area contributed by atoms with Crippen molar-refractivity contribution in [2.75, 3.05) is 33.0 Å². The summed E-state index contributed by atoms with van der Waals surface area (Å²) in [6, 6.07) is 1.07. The second-order valence-electron chi connectivity index (χ2n) is 8.58. The van der Waals surface area contributed by atoms with Gasteiger partial charge in [-0.1, -0.05) is 13.8 Å². The highest BCUT2D eigenvalue weighted by Gasteiger charge is 2.28. The van der Waals surface area contributed by atoms with E-state index < -0.39 is 22.7 Å². The minimum absolute atomic E-state index is 0.0841. The van der Waals surface area contributed by atoms with Crippen molar-refractivity contribution in [2.45, 2.75) is 71.9 Å². The van der Waals surface area contributed by atoms with Crippen molar-refractivity contribution in [1.29, 1.82) is 0 Å². The molecule has 0 saturated heterocycles. The van der Waals surface area contributed by atoms with E-state index in [1.807, 2.05) is 13.8 Å². The van der Waals surface area contributed by atoms with Crippen LogP contribution in [0.25, 0.3) is 0 Å². The van der Waals surface area contributed by atoms with Crippen molar-refractivity contribution in [3.63, 3.8) is 0 Å². The summed E-state index contributed by atoms with van der Waals surface area (Å²) in [6.07, 6.45) is 1.81. The molecular formula is C19H41NO6Si2. The number of carbonyl (C=O) groups excluding carboxylic acids is 2. The number of ether oxygens (including phenoxy) is 3. The van der Waals surface area contributed by atoms with Crippen LogP contribution in [0.1, 0.15) is 33.1 Å². The Morgan fingerprint density at radius 2 is 1.61 bits per heavy atom. The number of nitrogens with one attached hydrogen (secondary N) is 1. The summed E-state index contributed by atoms with van der Waals surface area (Å²) in [5.41, 5.74) is 0. The molecule has 0 aromatic rings. The fraction of sp³-hybridized carbons (Fsp3) is 0.895. The van der Waals surface area contributed by atoms with E-state index in [0.29, 0.717) is 32.8 Å². The Kier molecular flexibility index (Phi) is 13.7.